The number of H-pyrrole nitrogens is 2. The summed E-state index contributed by atoms with van der Waals surface area (Å²) in [6.45, 7) is 9.07. The maximum atomic E-state index is 12.3. The number of aliphatic hydroxyl groups is 1. The van der Waals surface area contributed by atoms with Crippen LogP contribution >= 0.6 is 0 Å². The summed E-state index contributed by atoms with van der Waals surface area (Å²) < 4.78 is 0. The van der Waals surface area contributed by atoms with Gasteiger partial charge in [0.05, 0.1) is 5.60 Å². The maximum Gasteiger partial charge on any atom is 0.164 e. The lowest BCUT2D eigenvalue weighted by Gasteiger charge is -2.53. The number of phenols is 1. The van der Waals surface area contributed by atoms with Crippen molar-refractivity contribution in [2.45, 2.75) is 161 Å². The molecule has 8 bridgehead atoms. The van der Waals surface area contributed by atoms with E-state index in [1.54, 1.807) is 0 Å². The summed E-state index contributed by atoms with van der Waals surface area (Å²) >= 11 is 0. The van der Waals surface area contributed by atoms with E-state index in [2.05, 4.69) is 134 Å². The molecule has 2 fully saturated rings. The van der Waals surface area contributed by atoms with E-state index in [0.717, 1.165) is 171 Å². The molecule has 80 heavy (non-hydrogen) atoms. The van der Waals surface area contributed by atoms with Gasteiger partial charge < -0.3 is 20.2 Å². The topological polar surface area (TPSA) is 149 Å². The Morgan fingerprint density at radius 1 is 0.550 bits per heavy atom. The third-order valence-corrected chi connectivity index (χ3v) is 19.0. The van der Waals surface area contributed by atoms with E-state index < -0.39 is 5.60 Å². The fourth-order valence-electron chi connectivity index (χ4n) is 14.6. The zero-order chi connectivity index (χ0) is 54.5. The Labute approximate surface area is 469 Å². The number of rotatable bonds is 13. The van der Waals surface area contributed by atoms with Gasteiger partial charge in [0.1, 0.15) is 28.3 Å². The van der Waals surface area contributed by atoms with E-state index >= 15 is 0 Å². The molecule has 0 amide bonds. The molecule has 4 N–H and O–H groups in total. The van der Waals surface area contributed by atoms with Crippen LogP contribution in [0.25, 0.3) is 89.7 Å². The second kappa shape index (κ2) is 21.4. The fourth-order valence-corrected chi connectivity index (χ4v) is 14.6. The van der Waals surface area contributed by atoms with Crippen molar-refractivity contribution < 1.29 is 10.2 Å². The van der Waals surface area contributed by atoms with Crippen molar-refractivity contribution in [2.24, 2.45) is 17.3 Å². The van der Waals surface area contributed by atoms with E-state index in [1.807, 2.05) is 18.2 Å². The quantitative estimate of drug-likeness (QED) is 0.0659. The number of phenolic OH excluding ortho intramolecular Hbond substituents is 1. The highest BCUT2D eigenvalue weighted by molar-refractivity contribution is 6.06. The molecule has 8 aromatic rings. The molecule has 10 heteroatoms. The first-order valence-corrected chi connectivity index (χ1v) is 30.0. The van der Waals surface area contributed by atoms with Gasteiger partial charge in [0.2, 0.25) is 0 Å². The third-order valence-electron chi connectivity index (χ3n) is 19.0. The predicted octanol–water partition coefficient (Wildman–Crippen LogP) is 15.8. The molecule has 0 saturated heterocycles. The van der Waals surface area contributed by atoms with Crippen molar-refractivity contribution in [1.29, 1.82) is 0 Å². The number of fused-ring (bicyclic) bond motifs is 25. The average Bonchev–Trinajstić information content (AvgIpc) is 4.35. The molecule has 0 unspecified atom stereocenters. The normalized spacial score (nSPS) is 20.5. The van der Waals surface area contributed by atoms with Gasteiger partial charge in [0.15, 0.2) is 23.3 Å². The van der Waals surface area contributed by atoms with Gasteiger partial charge in [-0.2, -0.15) is 0 Å². The van der Waals surface area contributed by atoms with E-state index in [-0.39, 0.29) is 5.41 Å². The van der Waals surface area contributed by atoms with Gasteiger partial charge in [0, 0.05) is 55.8 Å². The Bertz CT molecular complexity index is 4040. The van der Waals surface area contributed by atoms with Crippen molar-refractivity contribution in [3.63, 3.8) is 0 Å². The summed E-state index contributed by atoms with van der Waals surface area (Å²) in [6.07, 6.45) is 19.3. The minimum atomic E-state index is -0.639. The number of aryl methyl sites for hydroxylation is 4. The first-order valence-electron chi connectivity index (χ1n) is 30.0. The number of aromatic amines is 2. The molecule has 3 aromatic heterocycles. The molecule has 2 aliphatic heterocycles. The second-order valence-electron chi connectivity index (χ2n) is 23.9. The molecular formula is C70H72N8O2. The van der Waals surface area contributed by atoms with Crippen molar-refractivity contribution >= 4 is 44.1 Å². The molecule has 3 aliphatic carbocycles. The number of unbranched alkanes of at least 4 members (excludes halogenated alkanes) is 5. The van der Waals surface area contributed by atoms with Crippen LogP contribution in [0.3, 0.4) is 0 Å². The summed E-state index contributed by atoms with van der Waals surface area (Å²) in [5.74, 6) is 17.3. The Morgan fingerprint density at radius 3 is 1.76 bits per heavy atom. The minimum absolute atomic E-state index is 0.0624. The lowest BCUT2D eigenvalue weighted by molar-refractivity contribution is -0.108. The van der Waals surface area contributed by atoms with Crippen LogP contribution in [-0.2, 0) is 25.7 Å². The number of hydrogen-bond donors (Lipinski definition) is 4. The predicted molar refractivity (Wildman–Crippen MR) is 323 cm³/mol. The lowest BCUT2D eigenvalue weighted by atomic mass is 9.53. The molecule has 13 rings (SSSR count). The van der Waals surface area contributed by atoms with Crippen LogP contribution in [0.15, 0.2) is 91.0 Å². The van der Waals surface area contributed by atoms with Crippen molar-refractivity contribution in [3.8, 4) is 75.0 Å². The maximum absolute atomic E-state index is 12.3. The van der Waals surface area contributed by atoms with Crippen LogP contribution < -0.4 is 0 Å². The summed E-state index contributed by atoms with van der Waals surface area (Å²) in [4.78, 5) is 39.2. The largest absolute Gasteiger partial charge is 0.508 e. The molecule has 5 atom stereocenters. The standard InChI is InChI=1S/C70H72N8O2/c1-5-8-17-43-21-27-52-56(38-43)65-71-61(52)73-66-58-40-45(19-10-7-3)23-29-54(58)63(75-66)77-68-59-41-46(24-30-55(59)64(78-68)76-67-57-39-44(18-9-6-2)22-28-53(57)62(72-65)74-67)20-15-13-11-12-14-16-35-70(80)37-34-60-51-31-25-47-42-48(79)26-32-49(47)50(51)33-36-69(60,70)4/h21-24,26-30,32,38-42,50-51,60,79-80H,5-10,12,14,16-19,25,31,33-37H2,1-4H3,(H2,71,72,73,74,75,76,77,78)/t50-,51-,60+,69+,70-/m1/s1. The summed E-state index contributed by atoms with van der Waals surface area (Å²) in [5, 5.41) is 26.4. The second-order valence-corrected chi connectivity index (χ2v) is 23.9. The Morgan fingerprint density at radius 2 is 1.12 bits per heavy atom. The average molecular weight is 1060 g/mol. The number of hydrogen-bond acceptors (Lipinski definition) is 8. The zero-order valence-corrected chi connectivity index (χ0v) is 46.9. The number of aromatic nitrogens is 8. The zero-order valence-electron chi connectivity index (χ0n) is 46.9. The Hall–Kier alpha value is -7.66. The fraction of sp³-hybridized carbons (Fsp3) is 0.400. The SMILES string of the molecule is CCCCc1ccc2c(c1)-c1nc-2nc2[nH]c(nc3nc(nc4[nH]c(n1)c1ccc(CCCC)cc41)-c1ccc(C#CC#CCCCC[C@@]4(O)CC[C@H]5[C@@H]6CCc7cc(O)ccc7[C@H]6CC[C@@]54C)cc1-3)c1ccc(CCCC)cc21. The summed E-state index contributed by atoms with van der Waals surface area (Å²) in [6, 6.07) is 32.0. The first-order chi connectivity index (χ1) is 39.1. The molecule has 5 heterocycles. The number of aromatic hydroxyl groups is 1. The number of nitrogens with zero attached hydrogens (tertiary/aromatic N) is 6. The van der Waals surface area contributed by atoms with Crippen molar-refractivity contribution in [2.75, 3.05) is 0 Å². The highest BCUT2D eigenvalue weighted by Gasteiger charge is 2.61. The van der Waals surface area contributed by atoms with Gasteiger partial charge in [-0.05, 0) is 208 Å². The first kappa shape index (κ1) is 51.8. The molecule has 2 saturated carbocycles. The number of benzene rings is 5. The highest BCUT2D eigenvalue weighted by Crippen LogP contribution is 2.65. The van der Waals surface area contributed by atoms with Gasteiger partial charge in [-0.3, -0.25) is 0 Å². The number of nitrogens with one attached hydrogen (secondary N) is 2. The van der Waals surface area contributed by atoms with Crippen LogP contribution in [0.1, 0.15) is 163 Å². The van der Waals surface area contributed by atoms with E-state index in [9.17, 15) is 10.2 Å². The highest BCUT2D eigenvalue weighted by atomic mass is 16.3. The van der Waals surface area contributed by atoms with Gasteiger partial charge in [-0.1, -0.05) is 101 Å². The van der Waals surface area contributed by atoms with Gasteiger partial charge in [-0.25, -0.2) is 29.9 Å². The summed E-state index contributed by atoms with van der Waals surface area (Å²) in [7, 11) is 0. The molecule has 5 aromatic carbocycles. The van der Waals surface area contributed by atoms with Crippen LogP contribution in [-0.4, -0.2) is 55.7 Å². The Kier molecular flexibility index (Phi) is 13.9. The lowest BCUT2D eigenvalue weighted by Crippen LogP contribution is -2.50. The van der Waals surface area contributed by atoms with Crippen molar-refractivity contribution in [3.05, 3.63) is 124 Å². The van der Waals surface area contributed by atoms with Gasteiger partial charge in [0.25, 0.3) is 0 Å². The van der Waals surface area contributed by atoms with E-state index in [0.29, 0.717) is 69.4 Å². The molecule has 0 spiro atoms. The van der Waals surface area contributed by atoms with Gasteiger partial charge >= 0.3 is 0 Å². The van der Waals surface area contributed by atoms with Crippen LogP contribution in [0, 0.1) is 40.9 Å². The van der Waals surface area contributed by atoms with E-state index in [1.165, 1.54) is 27.8 Å². The van der Waals surface area contributed by atoms with E-state index in [4.69, 9.17) is 29.9 Å². The monoisotopic (exact) mass is 1060 g/mol. The van der Waals surface area contributed by atoms with Gasteiger partial charge in [-0.15, -0.1) is 0 Å². The molecule has 5 aliphatic rings. The smallest absolute Gasteiger partial charge is 0.164 e. The molecular weight excluding hydrogens is 985 g/mol. The third kappa shape index (κ3) is 9.43. The van der Waals surface area contributed by atoms with Crippen LogP contribution in [0.5, 0.6) is 5.75 Å². The molecule has 0 radical (unpaired) electrons. The minimum Gasteiger partial charge on any atom is -0.508 e. The van der Waals surface area contributed by atoms with Crippen molar-refractivity contribution in [1.82, 2.24) is 39.9 Å². The summed E-state index contributed by atoms with van der Waals surface area (Å²) in [5.41, 5.74) is 13.0. The van der Waals surface area contributed by atoms with Crippen LogP contribution in [0.4, 0.5) is 0 Å². The molecule has 10 nitrogen and oxygen atoms in total. The van der Waals surface area contributed by atoms with Crippen LogP contribution in [0.2, 0.25) is 0 Å². The molecule has 404 valence electrons. The Balaban J connectivity index is 0.828.